The fourth-order valence-corrected chi connectivity index (χ4v) is 8.73. The van der Waals surface area contributed by atoms with Gasteiger partial charge in [-0.1, -0.05) is 268 Å². The van der Waals surface area contributed by atoms with Crippen LogP contribution in [0.3, 0.4) is 0 Å². The van der Waals surface area contributed by atoms with Gasteiger partial charge in [-0.25, -0.2) is 0 Å². The van der Waals surface area contributed by atoms with Crippen LogP contribution in [0, 0.1) is 0 Å². The Bertz CT molecular complexity index is 1200. The third kappa shape index (κ3) is 56.2. The molecule has 0 aromatic heterocycles. The van der Waals surface area contributed by atoms with Gasteiger partial charge in [-0.15, -0.1) is 0 Å². The van der Waals surface area contributed by atoms with Crippen LogP contribution in [0.1, 0.15) is 316 Å². The smallest absolute Gasteiger partial charge is 0.306 e. The van der Waals surface area contributed by atoms with Gasteiger partial charge in [0.1, 0.15) is 13.2 Å². The zero-order chi connectivity index (χ0) is 50.0. The van der Waals surface area contributed by atoms with Crippen molar-refractivity contribution < 1.29 is 28.6 Å². The molecule has 6 nitrogen and oxygen atoms in total. The molecule has 0 N–H and O–H groups in total. The normalized spacial score (nSPS) is 12.3. The zero-order valence-electron chi connectivity index (χ0n) is 46.1. The van der Waals surface area contributed by atoms with Crippen molar-refractivity contribution in [2.45, 2.75) is 322 Å². The molecule has 0 amide bonds. The van der Waals surface area contributed by atoms with Crippen molar-refractivity contribution in [3.05, 3.63) is 48.6 Å². The van der Waals surface area contributed by atoms with E-state index in [4.69, 9.17) is 14.2 Å². The summed E-state index contributed by atoms with van der Waals surface area (Å²) in [5.41, 5.74) is 0. The molecule has 0 saturated carbocycles. The van der Waals surface area contributed by atoms with Crippen LogP contribution in [-0.2, 0) is 28.6 Å². The lowest BCUT2D eigenvalue weighted by molar-refractivity contribution is -0.167. The number of ether oxygens (including phenoxy) is 3. The number of carbonyl (C=O) groups is 3. The molecule has 6 heteroatoms. The van der Waals surface area contributed by atoms with E-state index in [-0.39, 0.29) is 31.1 Å². The molecule has 69 heavy (non-hydrogen) atoms. The monoisotopic (exact) mass is 967 g/mol. The van der Waals surface area contributed by atoms with Gasteiger partial charge >= 0.3 is 17.9 Å². The molecule has 0 spiro atoms. The molecule has 0 aliphatic rings. The van der Waals surface area contributed by atoms with Gasteiger partial charge in [0.15, 0.2) is 6.10 Å². The minimum Gasteiger partial charge on any atom is -0.462 e. The van der Waals surface area contributed by atoms with Gasteiger partial charge in [-0.3, -0.25) is 14.4 Å². The van der Waals surface area contributed by atoms with Crippen LogP contribution >= 0.6 is 0 Å². The number of carbonyl (C=O) groups excluding carboxylic acids is 3. The Morgan fingerprint density at radius 2 is 0.536 bits per heavy atom. The minimum atomic E-state index is -0.779. The van der Waals surface area contributed by atoms with E-state index < -0.39 is 6.10 Å². The number of unbranched alkanes of at least 4 members (excludes halogenated alkanes) is 36. The van der Waals surface area contributed by atoms with Crippen molar-refractivity contribution in [3.63, 3.8) is 0 Å². The Balaban J connectivity index is 4.35. The molecule has 0 aliphatic heterocycles. The average Bonchev–Trinajstić information content (AvgIpc) is 3.35. The number of hydrogen-bond acceptors (Lipinski definition) is 6. The molecular weight excluding hydrogens is 853 g/mol. The molecular formula is C63H114O6. The minimum absolute atomic E-state index is 0.0769. The van der Waals surface area contributed by atoms with E-state index in [9.17, 15) is 14.4 Å². The van der Waals surface area contributed by atoms with Crippen molar-refractivity contribution in [3.8, 4) is 0 Å². The second-order valence-electron chi connectivity index (χ2n) is 20.3. The molecule has 0 aromatic rings. The Kier molecular flexibility index (Phi) is 55.7. The Morgan fingerprint density at radius 1 is 0.290 bits per heavy atom. The van der Waals surface area contributed by atoms with Crippen LogP contribution in [0.4, 0.5) is 0 Å². The summed E-state index contributed by atoms with van der Waals surface area (Å²) < 4.78 is 16.9. The first-order valence-corrected chi connectivity index (χ1v) is 30.1. The number of allylic oxidation sites excluding steroid dienone is 8. The second kappa shape index (κ2) is 57.9. The van der Waals surface area contributed by atoms with Crippen LogP contribution in [-0.4, -0.2) is 37.2 Å². The fourth-order valence-electron chi connectivity index (χ4n) is 8.73. The maximum Gasteiger partial charge on any atom is 0.306 e. The quantitative estimate of drug-likeness (QED) is 0.0262. The summed E-state index contributed by atoms with van der Waals surface area (Å²) in [5, 5.41) is 0. The lowest BCUT2D eigenvalue weighted by atomic mass is 10.0. The molecule has 0 fully saturated rings. The Hall–Kier alpha value is -2.63. The van der Waals surface area contributed by atoms with Gasteiger partial charge in [-0.05, 0) is 77.0 Å². The predicted octanol–water partition coefficient (Wildman–Crippen LogP) is 20.2. The van der Waals surface area contributed by atoms with Crippen molar-refractivity contribution in [2.24, 2.45) is 0 Å². The zero-order valence-corrected chi connectivity index (χ0v) is 46.1. The van der Waals surface area contributed by atoms with Crippen molar-refractivity contribution in [1.82, 2.24) is 0 Å². The van der Waals surface area contributed by atoms with Crippen LogP contribution < -0.4 is 0 Å². The molecule has 1 unspecified atom stereocenters. The first kappa shape index (κ1) is 66.4. The second-order valence-corrected chi connectivity index (χ2v) is 20.3. The van der Waals surface area contributed by atoms with E-state index in [2.05, 4.69) is 69.4 Å². The maximum atomic E-state index is 12.9. The third-order valence-corrected chi connectivity index (χ3v) is 13.3. The first-order valence-electron chi connectivity index (χ1n) is 30.1. The van der Waals surface area contributed by atoms with E-state index in [1.807, 2.05) is 0 Å². The summed E-state index contributed by atoms with van der Waals surface area (Å²) in [6.45, 7) is 6.60. The third-order valence-electron chi connectivity index (χ3n) is 13.3. The molecule has 0 radical (unpaired) electrons. The summed E-state index contributed by atoms with van der Waals surface area (Å²) in [5.74, 6) is -0.877. The summed E-state index contributed by atoms with van der Waals surface area (Å²) >= 11 is 0. The van der Waals surface area contributed by atoms with Crippen LogP contribution in [0.2, 0.25) is 0 Å². The van der Waals surface area contributed by atoms with Gasteiger partial charge in [0, 0.05) is 19.3 Å². The SMILES string of the molecule is CCCC/C=C\C/C=C\CCCCCCCC(=O)OCC(COC(=O)CCCCCCCCCCC/C=C\C/C=C\CCCCC)OC(=O)CCCCCCCCCCCCCCCCCCCC. The van der Waals surface area contributed by atoms with Gasteiger partial charge < -0.3 is 14.2 Å². The Labute approximate surface area is 428 Å². The average molecular weight is 968 g/mol. The summed E-state index contributed by atoms with van der Waals surface area (Å²) in [6.07, 6.45) is 71.0. The van der Waals surface area contributed by atoms with Crippen molar-refractivity contribution >= 4 is 17.9 Å². The standard InChI is InChI=1S/C63H114O6/c1-4-7-10-13-16-19-22-25-28-30-32-34-35-38-41-44-47-50-53-56-62(65)68-59-60(58-67-61(64)55-52-49-46-43-40-37-27-24-21-18-15-12-9-6-3)69-63(66)57-54-51-48-45-42-39-36-33-31-29-26-23-20-17-14-11-8-5-2/h15-16,18-19,24-25,27-28,60H,4-14,17,20-23,26,29-59H2,1-3H3/b18-15-,19-16-,27-24-,28-25-. The lowest BCUT2D eigenvalue weighted by Gasteiger charge is -2.18. The first-order chi connectivity index (χ1) is 34.0. The molecule has 0 heterocycles. The highest BCUT2D eigenvalue weighted by Crippen LogP contribution is 2.17. The lowest BCUT2D eigenvalue weighted by Crippen LogP contribution is -2.30. The van der Waals surface area contributed by atoms with Crippen LogP contribution in [0.5, 0.6) is 0 Å². The topological polar surface area (TPSA) is 78.9 Å². The highest BCUT2D eigenvalue weighted by molar-refractivity contribution is 5.71. The number of hydrogen-bond donors (Lipinski definition) is 0. The number of esters is 3. The molecule has 0 aromatic carbocycles. The summed E-state index contributed by atoms with van der Waals surface area (Å²) in [7, 11) is 0. The molecule has 402 valence electrons. The van der Waals surface area contributed by atoms with Crippen molar-refractivity contribution in [1.29, 1.82) is 0 Å². The highest BCUT2D eigenvalue weighted by Gasteiger charge is 2.19. The van der Waals surface area contributed by atoms with Crippen LogP contribution in [0.25, 0.3) is 0 Å². The molecule has 0 saturated heterocycles. The van der Waals surface area contributed by atoms with Gasteiger partial charge in [-0.2, -0.15) is 0 Å². The fraction of sp³-hybridized carbons (Fsp3) is 0.825. The largest absolute Gasteiger partial charge is 0.462 e. The van der Waals surface area contributed by atoms with Gasteiger partial charge in [0.05, 0.1) is 0 Å². The predicted molar refractivity (Wildman–Crippen MR) is 298 cm³/mol. The summed E-state index contributed by atoms with van der Waals surface area (Å²) in [6, 6.07) is 0. The molecule has 0 aliphatic carbocycles. The Morgan fingerprint density at radius 3 is 0.870 bits per heavy atom. The van der Waals surface area contributed by atoms with E-state index in [0.717, 1.165) is 83.5 Å². The summed E-state index contributed by atoms with van der Waals surface area (Å²) in [4.78, 5) is 38.2. The van der Waals surface area contributed by atoms with E-state index in [1.54, 1.807) is 0 Å². The van der Waals surface area contributed by atoms with E-state index in [0.29, 0.717) is 19.3 Å². The number of rotatable bonds is 55. The molecule has 1 atom stereocenters. The van der Waals surface area contributed by atoms with Crippen LogP contribution in [0.15, 0.2) is 48.6 Å². The van der Waals surface area contributed by atoms with Crippen molar-refractivity contribution in [2.75, 3.05) is 13.2 Å². The van der Waals surface area contributed by atoms with E-state index >= 15 is 0 Å². The highest BCUT2D eigenvalue weighted by atomic mass is 16.6. The molecule has 0 rings (SSSR count). The maximum absolute atomic E-state index is 12.9. The molecule has 0 bridgehead atoms. The van der Waals surface area contributed by atoms with Gasteiger partial charge in [0.25, 0.3) is 0 Å². The van der Waals surface area contributed by atoms with Gasteiger partial charge in [0.2, 0.25) is 0 Å². The van der Waals surface area contributed by atoms with E-state index in [1.165, 1.54) is 193 Å².